The highest BCUT2D eigenvalue weighted by molar-refractivity contribution is 6.30. The Hall–Kier alpha value is -1.81. The van der Waals surface area contributed by atoms with E-state index in [-0.39, 0.29) is 0 Å². The van der Waals surface area contributed by atoms with Crippen molar-refractivity contribution in [2.24, 2.45) is 0 Å². The summed E-state index contributed by atoms with van der Waals surface area (Å²) in [6.07, 6.45) is 2.40. The zero-order valence-corrected chi connectivity index (χ0v) is 12.1. The third-order valence-electron chi connectivity index (χ3n) is 3.33. The molecule has 5 heteroatoms. The van der Waals surface area contributed by atoms with Gasteiger partial charge in [0.2, 0.25) is 0 Å². The lowest BCUT2D eigenvalue weighted by molar-refractivity contribution is 0.923. The molecule has 0 unspecified atom stereocenters. The zero-order valence-electron chi connectivity index (χ0n) is 11.4. The molecule has 0 atom stereocenters. The molecule has 4 nitrogen and oxygen atoms in total. The third-order valence-corrected chi connectivity index (χ3v) is 3.58. The van der Waals surface area contributed by atoms with Crippen LogP contribution in [0.1, 0.15) is 30.1 Å². The van der Waals surface area contributed by atoms with E-state index in [1.54, 1.807) is 0 Å². The molecule has 1 heterocycles. The Bertz CT molecular complexity index is 593. The maximum atomic E-state index is 5.88. The average molecular weight is 289 g/mol. The summed E-state index contributed by atoms with van der Waals surface area (Å²) in [5.41, 5.74) is 1.17. The Morgan fingerprint density at radius 1 is 1.15 bits per heavy atom. The molecule has 1 fully saturated rings. The summed E-state index contributed by atoms with van der Waals surface area (Å²) in [7, 11) is 1.88. The van der Waals surface area contributed by atoms with Gasteiger partial charge in [-0.25, -0.2) is 9.97 Å². The Balaban J connectivity index is 1.72. The van der Waals surface area contributed by atoms with Crippen LogP contribution in [0, 0.1) is 0 Å². The van der Waals surface area contributed by atoms with Gasteiger partial charge in [0, 0.05) is 30.6 Å². The van der Waals surface area contributed by atoms with E-state index in [9.17, 15) is 0 Å². The number of anilines is 2. The second-order valence-electron chi connectivity index (χ2n) is 5.00. The van der Waals surface area contributed by atoms with Crippen LogP contribution in [0.2, 0.25) is 5.02 Å². The van der Waals surface area contributed by atoms with Crippen LogP contribution >= 0.6 is 11.6 Å². The molecule has 3 rings (SSSR count). The van der Waals surface area contributed by atoms with Crippen molar-refractivity contribution in [2.45, 2.75) is 25.3 Å². The summed E-state index contributed by atoms with van der Waals surface area (Å²) in [5, 5.41) is 7.19. The lowest BCUT2D eigenvalue weighted by atomic mass is 10.2. The van der Waals surface area contributed by atoms with E-state index < -0.39 is 0 Å². The highest BCUT2D eigenvalue weighted by Gasteiger charge is 2.27. The summed E-state index contributed by atoms with van der Waals surface area (Å²) in [6.45, 7) is 0.724. The summed E-state index contributed by atoms with van der Waals surface area (Å²) < 4.78 is 0. The normalized spacial score (nSPS) is 14.1. The highest BCUT2D eigenvalue weighted by Crippen LogP contribution is 2.38. The van der Waals surface area contributed by atoms with Crippen molar-refractivity contribution in [1.82, 2.24) is 9.97 Å². The van der Waals surface area contributed by atoms with Crippen LogP contribution in [0.5, 0.6) is 0 Å². The molecule has 1 aliphatic rings. The SMILES string of the molecule is CNc1cc(NCc2ccc(Cl)cc2)nc(C2CC2)n1. The molecule has 1 saturated carbocycles. The fourth-order valence-electron chi connectivity index (χ4n) is 2.00. The number of benzene rings is 1. The van der Waals surface area contributed by atoms with Gasteiger partial charge in [0.25, 0.3) is 0 Å². The lowest BCUT2D eigenvalue weighted by Crippen LogP contribution is -2.06. The van der Waals surface area contributed by atoms with Crippen molar-refractivity contribution in [3.63, 3.8) is 0 Å². The van der Waals surface area contributed by atoms with E-state index in [0.717, 1.165) is 29.0 Å². The standard InChI is InChI=1S/C15H17ClN4/c1-17-13-8-14(20-15(19-13)11-4-5-11)18-9-10-2-6-12(16)7-3-10/h2-3,6-8,11H,4-5,9H2,1H3,(H2,17,18,19,20). The van der Waals surface area contributed by atoms with Crippen LogP contribution in [0.3, 0.4) is 0 Å². The van der Waals surface area contributed by atoms with Crippen LogP contribution in [0.4, 0.5) is 11.6 Å². The molecule has 104 valence electrons. The Morgan fingerprint density at radius 3 is 2.50 bits per heavy atom. The molecule has 1 aromatic carbocycles. The van der Waals surface area contributed by atoms with Gasteiger partial charge in [-0.3, -0.25) is 0 Å². The first-order chi connectivity index (χ1) is 9.74. The number of hydrogen-bond acceptors (Lipinski definition) is 4. The Morgan fingerprint density at radius 2 is 1.85 bits per heavy atom. The van der Waals surface area contributed by atoms with Gasteiger partial charge in [-0.1, -0.05) is 23.7 Å². The van der Waals surface area contributed by atoms with Crippen molar-refractivity contribution < 1.29 is 0 Å². The van der Waals surface area contributed by atoms with E-state index in [0.29, 0.717) is 5.92 Å². The minimum Gasteiger partial charge on any atom is -0.373 e. The molecular formula is C15H17ClN4. The molecule has 0 spiro atoms. The van der Waals surface area contributed by atoms with Gasteiger partial charge >= 0.3 is 0 Å². The molecule has 2 N–H and O–H groups in total. The monoisotopic (exact) mass is 288 g/mol. The van der Waals surface area contributed by atoms with E-state index in [1.165, 1.54) is 18.4 Å². The predicted octanol–water partition coefficient (Wildman–Crippen LogP) is 3.66. The van der Waals surface area contributed by atoms with Crippen LogP contribution in [0.15, 0.2) is 30.3 Å². The minimum absolute atomic E-state index is 0.541. The quantitative estimate of drug-likeness (QED) is 0.881. The minimum atomic E-state index is 0.541. The van der Waals surface area contributed by atoms with E-state index >= 15 is 0 Å². The number of nitrogens with zero attached hydrogens (tertiary/aromatic N) is 2. The first-order valence-corrected chi connectivity index (χ1v) is 7.17. The van der Waals surface area contributed by atoms with Crippen LogP contribution in [-0.4, -0.2) is 17.0 Å². The van der Waals surface area contributed by atoms with E-state index in [1.807, 2.05) is 37.4 Å². The first kappa shape index (κ1) is 13.2. The van der Waals surface area contributed by atoms with Crippen molar-refractivity contribution in [2.75, 3.05) is 17.7 Å². The molecule has 0 aliphatic heterocycles. The van der Waals surface area contributed by atoms with Gasteiger partial charge in [0.1, 0.15) is 17.5 Å². The topological polar surface area (TPSA) is 49.8 Å². The van der Waals surface area contributed by atoms with Crippen LogP contribution < -0.4 is 10.6 Å². The smallest absolute Gasteiger partial charge is 0.136 e. The molecule has 1 aromatic heterocycles. The molecular weight excluding hydrogens is 272 g/mol. The average Bonchev–Trinajstić information content (AvgIpc) is 3.31. The lowest BCUT2D eigenvalue weighted by Gasteiger charge is -2.09. The number of rotatable bonds is 5. The third kappa shape index (κ3) is 3.20. The largest absolute Gasteiger partial charge is 0.373 e. The molecule has 0 amide bonds. The zero-order chi connectivity index (χ0) is 13.9. The number of halogens is 1. The number of nitrogens with one attached hydrogen (secondary N) is 2. The predicted molar refractivity (Wildman–Crippen MR) is 82.3 cm³/mol. The summed E-state index contributed by atoms with van der Waals surface area (Å²) in [5.74, 6) is 3.21. The van der Waals surface area contributed by atoms with Crippen molar-refractivity contribution in [3.05, 3.63) is 46.7 Å². The highest BCUT2D eigenvalue weighted by atomic mass is 35.5. The van der Waals surface area contributed by atoms with Crippen LogP contribution in [0.25, 0.3) is 0 Å². The fourth-order valence-corrected chi connectivity index (χ4v) is 2.13. The first-order valence-electron chi connectivity index (χ1n) is 6.79. The van der Waals surface area contributed by atoms with Gasteiger partial charge in [-0.05, 0) is 30.5 Å². The molecule has 1 aliphatic carbocycles. The van der Waals surface area contributed by atoms with Crippen molar-refractivity contribution in [1.29, 1.82) is 0 Å². The summed E-state index contributed by atoms with van der Waals surface area (Å²) in [6, 6.07) is 9.75. The summed E-state index contributed by atoms with van der Waals surface area (Å²) >= 11 is 5.88. The summed E-state index contributed by atoms with van der Waals surface area (Å²) in [4.78, 5) is 9.09. The van der Waals surface area contributed by atoms with Gasteiger partial charge in [-0.15, -0.1) is 0 Å². The van der Waals surface area contributed by atoms with Crippen molar-refractivity contribution >= 4 is 23.2 Å². The van der Waals surface area contributed by atoms with Gasteiger partial charge in [0.05, 0.1) is 0 Å². The molecule has 0 saturated heterocycles. The number of hydrogen-bond donors (Lipinski definition) is 2. The molecule has 0 radical (unpaired) electrons. The van der Waals surface area contributed by atoms with Crippen molar-refractivity contribution in [3.8, 4) is 0 Å². The maximum absolute atomic E-state index is 5.88. The second-order valence-corrected chi connectivity index (χ2v) is 5.44. The fraction of sp³-hybridized carbons (Fsp3) is 0.333. The molecule has 0 bridgehead atoms. The Labute approximate surface area is 123 Å². The number of aromatic nitrogens is 2. The van der Waals surface area contributed by atoms with Gasteiger partial charge in [-0.2, -0.15) is 0 Å². The maximum Gasteiger partial charge on any atom is 0.136 e. The van der Waals surface area contributed by atoms with E-state index in [2.05, 4.69) is 20.6 Å². The second kappa shape index (κ2) is 5.67. The van der Waals surface area contributed by atoms with Gasteiger partial charge in [0.15, 0.2) is 0 Å². The van der Waals surface area contributed by atoms with Gasteiger partial charge < -0.3 is 10.6 Å². The van der Waals surface area contributed by atoms with E-state index in [4.69, 9.17) is 11.6 Å². The Kier molecular flexibility index (Phi) is 3.74. The van der Waals surface area contributed by atoms with Crippen LogP contribution in [-0.2, 0) is 6.54 Å². The molecule has 2 aromatic rings. The molecule has 20 heavy (non-hydrogen) atoms.